The highest BCUT2D eigenvalue weighted by Crippen LogP contribution is 2.24. The number of anilines is 1. The SMILES string of the molecule is Cc1ccc(NC(=O)CSc2nnc(COc3ccc([N+](=O)[O-])cc3)n2-c2ccccc2)cc1. The van der Waals surface area contributed by atoms with Gasteiger partial charge in [0.15, 0.2) is 11.0 Å². The molecule has 0 aliphatic carbocycles. The van der Waals surface area contributed by atoms with E-state index >= 15 is 0 Å². The van der Waals surface area contributed by atoms with Crippen molar-refractivity contribution in [2.45, 2.75) is 18.7 Å². The van der Waals surface area contributed by atoms with Crippen molar-refractivity contribution in [2.24, 2.45) is 0 Å². The Kier molecular flexibility index (Phi) is 7.19. The fourth-order valence-electron chi connectivity index (χ4n) is 3.10. The lowest BCUT2D eigenvalue weighted by Crippen LogP contribution is -2.14. The van der Waals surface area contributed by atoms with Gasteiger partial charge in [-0.15, -0.1) is 10.2 Å². The van der Waals surface area contributed by atoms with Gasteiger partial charge in [-0.2, -0.15) is 0 Å². The highest BCUT2D eigenvalue weighted by Gasteiger charge is 2.17. The maximum Gasteiger partial charge on any atom is 0.269 e. The van der Waals surface area contributed by atoms with Gasteiger partial charge in [-0.3, -0.25) is 19.5 Å². The van der Waals surface area contributed by atoms with Gasteiger partial charge < -0.3 is 10.1 Å². The maximum absolute atomic E-state index is 12.4. The van der Waals surface area contributed by atoms with Crippen molar-refractivity contribution in [3.8, 4) is 11.4 Å². The number of nitro benzene ring substituents is 1. The number of non-ortho nitro benzene ring substituents is 1. The zero-order valence-corrected chi connectivity index (χ0v) is 19.1. The van der Waals surface area contributed by atoms with Crippen molar-refractivity contribution in [1.82, 2.24) is 14.8 Å². The standard InChI is InChI=1S/C24H21N5O4S/c1-17-7-9-18(10-8-17)25-23(30)16-34-24-27-26-22(28(24)19-5-3-2-4-6-19)15-33-21-13-11-20(12-14-21)29(31)32/h2-14H,15-16H2,1H3,(H,25,30). The first-order valence-corrected chi connectivity index (χ1v) is 11.3. The third-order valence-electron chi connectivity index (χ3n) is 4.80. The number of rotatable bonds is 9. The van der Waals surface area contributed by atoms with Crippen LogP contribution in [0.1, 0.15) is 11.4 Å². The zero-order chi connectivity index (χ0) is 23.9. The predicted octanol–water partition coefficient (Wildman–Crippen LogP) is 4.79. The monoisotopic (exact) mass is 475 g/mol. The van der Waals surface area contributed by atoms with Crippen LogP contribution in [0.3, 0.4) is 0 Å². The predicted molar refractivity (Wildman–Crippen MR) is 129 cm³/mol. The van der Waals surface area contributed by atoms with Crippen LogP contribution >= 0.6 is 11.8 Å². The lowest BCUT2D eigenvalue weighted by atomic mass is 10.2. The van der Waals surface area contributed by atoms with Gasteiger partial charge in [0.2, 0.25) is 5.91 Å². The van der Waals surface area contributed by atoms with Crippen LogP contribution in [0.2, 0.25) is 0 Å². The lowest BCUT2D eigenvalue weighted by molar-refractivity contribution is -0.384. The highest BCUT2D eigenvalue weighted by atomic mass is 32.2. The summed E-state index contributed by atoms with van der Waals surface area (Å²) in [6, 6.07) is 22.9. The largest absolute Gasteiger partial charge is 0.486 e. The number of aryl methyl sites for hydroxylation is 1. The van der Waals surface area contributed by atoms with Crippen molar-refractivity contribution in [2.75, 3.05) is 11.1 Å². The summed E-state index contributed by atoms with van der Waals surface area (Å²) in [5.74, 6) is 1.01. The molecule has 0 saturated carbocycles. The second kappa shape index (κ2) is 10.6. The molecule has 0 unspecified atom stereocenters. The summed E-state index contributed by atoms with van der Waals surface area (Å²) in [7, 11) is 0. The third kappa shape index (κ3) is 5.78. The molecule has 4 aromatic rings. The van der Waals surface area contributed by atoms with Gasteiger partial charge in [-0.1, -0.05) is 47.7 Å². The Morgan fingerprint density at radius 3 is 2.41 bits per heavy atom. The van der Waals surface area contributed by atoms with E-state index in [2.05, 4.69) is 15.5 Å². The molecule has 9 nitrogen and oxygen atoms in total. The van der Waals surface area contributed by atoms with Crippen molar-refractivity contribution >= 4 is 29.0 Å². The minimum Gasteiger partial charge on any atom is -0.486 e. The summed E-state index contributed by atoms with van der Waals surface area (Å²) < 4.78 is 7.61. The number of benzene rings is 3. The molecule has 0 bridgehead atoms. The number of thioether (sulfide) groups is 1. The fraction of sp³-hybridized carbons (Fsp3) is 0.125. The van der Waals surface area contributed by atoms with Crippen LogP contribution in [0.5, 0.6) is 5.75 Å². The molecule has 0 saturated heterocycles. The fourth-order valence-corrected chi connectivity index (χ4v) is 3.87. The molecule has 0 fully saturated rings. The summed E-state index contributed by atoms with van der Waals surface area (Å²) in [4.78, 5) is 22.8. The Morgan fingerprint density at radius 2 is 1.74 bits per heavy atom. The normalized spacial score (nSPS) is 10.6. The van der Waals surface area contributed by atoms with Crippen LogP contribution < -0.4 is 10.1 Å². The molecule has 1 heterocycles. The number of nitrogens with zero attached hydrogens (tertiary/aromatic N) is 4. The molecule has 0 aliphatic heterocycles. The molecule has 0 radical (unpaired) electrons. The van der Waals surface area contributed by atoms with Crippen LogP contribution in [-0.4, -0.2) is 31.3 Å². The molecule has 0 aliphatic rings. The van der Waals surface area contributed by atoms with E-state index in [-0.39, 0.29) is 24.0 Å². The average Bonchev–Trinajstić information content (AvgIpc) is 3.26. The number of amides is 1. The van der Waals surface area contributed by atoms with Gasteiger partial charge >= 0.3 is 0 Å². The van der Waals surface area contributed by atoms with Crippen LogP contribution in [-0.2, 0) is 11.4 Å². The van der Waals surface area contributed by atoms with E-state index in [9.17, 15) is 14.9 Å². The first-order valence-electron chi connectivity index (χ1n) is 10.4. The zero-order valence-electron chi connectivity index (χ0n) is 18.2. The van der Waals surface area contributed by atoms with Crippen molar-refractivity contribution in [3.63, 3.8) is 0 Å². The summed E-state index contributed by atoms with van der Waals surface area (Å²) in [5, 5.41) is 22.8. The smallest absolute Gasteiger partial charge is 0.269 e. The lowest BCUT2D eigenvalue weighted by Gasteiger charge is -2.11. The van der Waals surface area contributed by atoms with E-state index < -0.39 is 4.92 Å². The molecule has 4 rings (SSSR count). The van der Waals surface area contributed by atoms with Crippen LogP contribution in [0, 0.1) is 17.0 Å². The van der Waals surface area contributed by atoms with E-state index in [1.54, 1.807) is 0 Å². The van der Waals surface area contributed by atoms with E-state index in [1.807, 2.05) is 66.1 Å². The Morgan fingerprint density at radius 1 is 1.03 bits per heavy atom. The first kappa shape index (κ1) is 23.0. The minimum absolute atomic E-state index is 0.0117. The number of nitrogens with one attached hydrogen (secondary N) is 1. The van der Waals surface area contributed by atoms with Gasteiger partial charge in [0, 0.05) is 23.5 Å². The third-order valence-corrected chi connectivity index (χ3v) is 5.73. The Hall–Kier alpha value is -4.18. The maximum atomic E-state index is 12.4. The quantitative estimate of drug-likeness (QED) is 0.210. The summed E-state index contributed by atoms with van der Waals surface area (Å²) in [6.45, 7) is 2.08. The number of carbonyl (C=O) groups is 1. The van der Waals surface area contributed by atoms with Crippen molar-refractivity contribution in [3.05, 3.63) is 100 Å². The molecule has 0 atom stereocenters. The number of hydrogen-bond donors (Lipinski definition) is 1. The van der Waals surface area contributed by atoms with Crippen LogP contribution in [0.15, 0.2) is 84.0 Å². The van der Waals surface area contributed by atoms with Gasteiger partial charge in [-0.05, 0) is 43.3 Å². The minimum atomic E-state index is -0.464. The topological polar surface area (TPSA) is 112 Å². The number of para-hydroxylation sites is 1. The molecule has 34 heavy (non-hydrogen) atoms. The highest BCUT2D eigenvalue weighted by molar-refractivity contribution is 7.99. The molecular weight excluding hydrogens is 454 g/mol. The van der Waals surface area contributed by atoms with Crippen molar-refractivity contribution in [1.29, 1.82) is 0 Å². The second-order valence-electron chi connectivity index (χ2n) is 7.31. The number of carbonyl (C=O) groups excluding carboxylic acids is 1. The van der Waals surface area contributed by atoms with Gasteiger partial charge in [0.1, 0.15) is 12.4 Å². The Balaban J connectivity index is 1.47. The molecule has 172 valence electrons. The summed E-state index contributed by atoms with van der Waals surface area (Å²) in [5.41, 5.74) is 2.67. The molecule has 0 spiro atoms. The first-order chi connectivity index (χ1) is 16.5. The number of ether oxygens (including phenoxy) is 1. The molecule has 3 aromatic carbocycles. The van der Waals surface area contributed by atoms with Gasteiger partial charge in [-0.25, -0.2) is 0 Å². The summed E-state index contributed by atoms with van der Waals surface area (Å²) >= 11 is 1.27. The average molecular weight is 476 g/mol. The molecule has 1 amide bonds. The van der Waals surface area contributed by atoms with Crippen LogP contribution in [0.25, 0.3) is 5.69 Å². The van der Waals surface area contributed by atoms with E-state index in [0.29, 0.717) is 16.7 Å². The van der Waals surface area contributed by atoms with E-state index in [1.165, 1.54) is 36.0 Å². The van der Waals surface area contributed by atoms with Gasteiger partial charge in [0.05, 0.1) is 10.7 Å². The second-order valence-corrected chi connectivity index (χ2v) is 8.25. The number of aromatic nitrogens is 3. The molecular formula is C24H21N5O4S. The van der Waals surface area contributed by atoms with Crippen molar-refractivity contribution < 1.29 is 14.5 Å². The molecule has 10 heteroatoms. The van der Waals surface area contributed by atoms with E-state index in [4.69, 9.17) is 4.74 Å². The van der Waals surface area contributed by atoms with Crippen LogP contribution in [0.4, 0.5) is 11.4 Å². The van der Waals surface area contributed by atoms with E-state index in [0.717, 1.165) is 16.9 Å². The Labute approximate surface area is 199 Å². The number of nitro groups is 1. The Bertz CT molecular complexity index is 1280. The number of hydrogen-bond acceptors (Lipinski definition) is 7. The summed E-state index contributed by atoms with van der Waals surface area (Å²) in [6.07, 6.45) is 0. The molecule has 1 N–H and O–H groups in total. The molecule has 1 aromatic heterocycles. The van der Waals surface area contributed by atoms with Gasteiger partial charge in [0.25, 0.3) is 5.69 Å².